The minimum absolute atomic E-state index is 0.202. The van der Waals surface area contributed by atoms with Crippen LogP contribution in [0.25, 0.3) is 6.08 Å². The van der Waals surface area contributed by atoms with Crippen LogP contribution < -0.4 is 0 Å². The number of hydrogen-bond acceptors (Lipinski definition) is 2. The predicted octanol–water partition coefficient (Wildman–Crippen LogP) is 4.83. The second-order valence-corrected chi connectivity index (χ2v) is 6.96. The first-order valence-electron chi connectivity index (χ1n) is 6.74. The van der Waals surface area contributed by atoms with Gasteiger partial charge in [-0.1, -0.05) is 50.3 Å². The van der Waals surface area contributed by atoms with Gasteiger partial charge in [0.05, 0.1) is 5.01 Å². The summed E-state index contributed by atoms with van der Waals surface area (Å²) < 4.78 is 0. The Hall–Kier alpha value is -1.41. The molecule has 0 N–H and O–H groups in total. The Morgan fingerprint density at radius 3 is 2.79 bits per heavy atom. The lowest BCUT2D eigenvalue weighted by Crippen LogP contribution is -2.22. The van der Waals surface area contributed by atoms with Crippen molar-refractivity contribution in [3.05, 3.63) is 57.6 Å². The fraction of sp³-hybridized carbons (Fsp3) is 0.353. The van der Waals surface area contributed by atoms with Crippen molar-refractivity contribution in [1.82, 2.24) is 4.98 Å². The lowest BCUT2D eigenvalue weighted by Gasteiger charge is -2.31. The van der Waals surface area contributed by atoms with Crippen molar-refractivity contribution < 1.29 is 0 Å². The molecule has 0 spiro atoms. The molecule has 98 valence electrons. The Morgan fingerprint density at radius 2 is 2.05 bits per heavy atom. The van der Waals surface area contributed by atoms with Gasteiger partial charge in [-0.05, 0) is 23.5 Å². The van der Waals surface area contributed by atoms with Crippen LogP contribution in [0, 0.1) is 12.3 Å². The van der Waals surface area contributed by atoms with Gasteiger partial charge in [-0.25, -0.2) is 4.98 Å². The molecule has 1 aromatic heterocycles. The summed E-state index contributed by atoms with van der Waals surface area (Å²) in [6.45, 7) is 6.76. The second kappa shape index (κ2) is 4.61. The van der Waals surface area contributed by atoms with E-state index in [0.717, 1.165) is 12.1 Å². The third-order valence-corrected chi connectivity index (χ3v) is 4.88. The van der Waals surface area contributed by atoms with Gasteiger partial charge in [0.2, 0.25) is 0 Å². The zero-order valence-corrected chi connectivity index (χ0v) is 12.5. The van der Waals surface area contributed by atoms with E-state index in [1.807, 2.05) is 0 Å². The summed E-state index contributed by atoms with van der Waals surface area (Å²) in [4.78, 5) is 4.62. The highest BCUT2D eigenvalue weighted by atomic mass is 32.1. The lowest BCUT2D eigenvalue weighted by atomic mass is 9.74. The fourth-order valence-corrected chi connectivity index (χ4v) is 3.93. The minimum Gasteiger partial charge on any atom is -0.247 e. The summed E-state index contributed by atoms with van der Waals surface area (Å²) >= 11 is 1.78. The summed E-state index contributed by atoms with van der Waals surface area (Å²) in [5.41, 5.74) is 4.17. The normalized spacial score (nSPS) is 17.7. The predicted molar refractivity (Wildman–Crippen MR) is 82.6 cm³/mol. The fourth-order valence-electron chi connectivity index (χ4n) is 2.91. The molecule has 0 saturated carbocycles. The SMILES string of the molecule is Cc1csc(CC(C)(C)C2C=Cc3ccccc32)n1. The maximum Gasteiger partial charge on any atom is 0.0933 e. The third-order valence-electron chi connectivity index (χ3n) is 3.91. The number of thiazole rings is 1. The summed E-state index contributed by atoms with van der Waals surface area (Å²) in [5, 5.41) is 3.39. The Kier molecular flexibility index (Phi) is 3.06. The van der Waals surface area contributed by atoms with Gasteiger partial charge in [0.25, 0.3) is 0 Å². The highest BCUT2D eigenvalue weighted by molar-refractivity contribution is 7.09. The Morgan fingerprint density at radius 1 is 1.26 bits per heavy atom. The first-order valence-corrected chi connectivity index (χ1v) is 7.62. The number of benzene rings is 1. The second-order valence-electron chi connectivity index (χ2n) is 6.01. The zero-order chi connectivity index (χ0) is 13.5. The zero-order valence-electron chi connectivity index (χ0n) is 11.7. The molecular weight excluding hydrogens is 250 g/mol. The van der Waals surface area contributed by atoms with Crippen molar-refractivity contribution >= 4 is 17.4 Å². The average molecular weight is 269 g/mol. The summed E-state index contributed by atoms with van der Waals surface area (Å²) in [7, 11) is 0. The van der Waals surface area contributed by atoms with Crippen molar-refractivity contribution in [3.8, 4) is 0 Å². The topological polar surface area (TPSA) is 12.9 Å². The van der Waals surface area contributed by atoms with E-state index in [2.05, 4.69) is 67.6 Å². The summed E-state index contributed by atoms with van der Waals surface area (Å²) in [6, 6.07) is 8.72. The van der Waals surface area contributed by atoms with Gasteiger partial charge in [0.1, 0.15) is 0 Å². The van der Waals surface area contributed by atoms with E-state index < -0.39 is 0 Å². The largest absolute Gasteiger partial charge is 0.247 e. The summed E-state index contributed by atoms with van der Waals surface area (Å²) in [5.74, 6) is 0.493. The molecule has 0 bridgehead atoms. The van der Waals surface area contributed by atoms with E-state index in [1.54, 1.807) is 11.3 Å². The monoisotopic (exact) mass is 269 g/mol. The lowest BCUT2D eigenvalue weighted by molar-refractivity contribution is 0.324. The Labute approximate surface area is 119 Å². The van der Waals surface area contributed by atoms with Crippen molar-refractivity contribution in [2.75, 3.05) is 0 Å². The van der Waals surface area contributed by atoms with Crippen LogP contribution in [-0.2, 0) is 6.42 Å². The maximum atomic E-state index is 4.62. The molecule has 2 heteroatoms. The molecule has 1 nitrogen and oxygen atoms in total. The maximum absolute atomic E-state index is 4.62. The van der Waals surface area contributed by atoms with E-state index in [-0.39, 0.29) is 5.41 Å². The molecule has 2 aromatic rings. The molecule has 1 aliphatic rings. The standard InChI is InChI=1S/C17H19NS/c1-12-11-19-16(18-12)10-17(2,3)15-9-8-13-6-4-5-7-14(13)15/h4-9,11,15H,10H2,1-3H3. The Bertz CT molecular complexity index is 622. The first kappa shape index (κ1) is 12.6. The Balaban J connectivity index is 1.87. The van der Waals surface area contributed by atoms with E-state index in [1.165, 1.54) is 16.1 Å². The number of aromatic nitrogens is 1. The molecule has 1 unspecified atom stereocenters. The number of aryl methyl sites for hydroxylation is 1. The molecule has 0 fully saturated rings. The third kappa shape index (κ3) is 2.37. The molecule has 1 atom stereocenters. The quantitative estimate of drug-likeness (QED) is 0.777. The van der Waals surface area contributed by atoms with Gasteiger partial charge in [0.15, 0.2) is 0 Å². The van der Waals surface area contributed by atoms with Crippen molar-refractivity contribution in [3.63, 3.8) is 0 Å². The van der Waals surface area contributed by atoms with Crippen LogP contribution in [0.1, 0.15) is 41.6 Å². The van der Waals surface area contributed by atoms with Crippen LogP contribution in [0.15, 0.2) is 35.7 Å². The number of rotatable bonds is 3. The molecule has 0 radical (unpaired) electrons. The highest BCUT2D eigenvalue weighted by Gasteiger charge is 2.33. The average Bonchev–Trinajstić information content (AvgIpc) is 2.95. The van der Waals surface area contributed by atoms with Crippen LogP contribution >= 0.6 is 11.3 Å². The van der Waals surface area contributed by atoms with E-state index in [4.69, 9.17) is 0 Å². The van der Waals surface area contributed by atoms with Crippen LogP contribution in [0.2, 0.25) is 0 Å². The summed E-state index contributed by atoms with van der Waals surface area (Å²) in [6.07, 6.45) is 5.65. The molecule has 0 aliphatic heterocycles. The number of hydrogen-bond donors (Lipinski definition) is 0. The molecule has 3 rings (SSSR count). The van der Waals surface area contributed by atoms with Crippen molar-refractivity contribution in [2.45, 2.75) is 33.1 Å². The number of fused-ring (bicyclic) bond motifs is 1. The van der Waals surface area contributed by atoms with Gasteiger partial charge in [-0.15, -0.1) is 11.3 Å². The van der Waals surface area contributed by atoms with E-state index in [9.17, 15) is 0 Å². The van der Waals surface area contributed by atoms with E-state index >= 15 is 0 Å². The molecule has 1 heterocycles. The van der Waals surface area contributed by atoms with Gasteiger partial charge < -0.3 is 0 Å². The number of allylic oxidation sites excluding steroid dienone is 1. The van der Waals surface area contributed by atoms with Crippen molar-refractivity contribution in [2.24, 2.45) is 5.41 Å². The van der Waals surface area contributed by atoms with Gasteiger partial charge >= 0.3 is 0 Å². The van der Waals surface area contributed by atoms with Gasteiger partial charge in [-0.2, -0.15) is 0 Å². The van der Waals surface area contributed by atoms with Crippen molar-refractivity contribution in [1.29, 1.82) is 0 Å². The molecule has 0 saturated heterocycles. The molecule has 0 amide bonds. The molecule has 1 aliphatic carbocycles. The van der Waals surface area contributed by atoms with Gasteiger partial charge in [0, 0.05) is 23.4 Å². The van der Waals surface area contributed by atoms with E-state index in [0.29, 0.717) is 5.92 Å². The van der Waals surface area contributed by atoms with Crippen LogP contribution in [0.5, 0.6) is 0 Å². The molecule has 19 heavy (non-hydrogen) atoms. The smallest absolute Gasteiger partial charge is 0.0933 e. The van der Waals surface area contributed by atoms with Crippen LogP contribution in [0.3, 0.4) is 0 Å². The highest BCUT2D eigenvalue weighted by Crippen LogP contribution is 2.44. The van der Waals surface area contributed by atoms with Crippen LogP contribution in [-0.4, -0.2) is 4.98 Å². The molecular formula is C17H19NS. The first-order chi connectivity index (χ1) is 9.06. The number of nitrogens with zero attached hydrogens (tertiary/aromatic N) is 1. The van der Waals surface area contributed by atoms with Gasteiger partial charge in [-0.3, -0.25) is 0 Å². The minimum atomic E-state index is 0.202. The molecule has 1 aromatic carbocycles. The van der Waals surface area contributed by atoms with Crippen LogP contribution in [0.4, 0.5) is 0 Å².